The quantitative estimate of drug-likeness (QED) is 0.817. The van der Waals surface area contributed by atoms with Crippen molar-refractivity contribution in [2.24, 2.45) is 0 Å². The zero-order chi connectivity index (χ0) is 16.2. The largest absolute Gasteiger partial charge is 0.369 e. The Morgan fingerprint density at radius 2 is 1.61 bits per heavy atom. The van der Waals surface area contributed by atoms with E-state index in [2.05, 4.69) is 15.1 Å². The molecule has 2 fully saturated rings. The van der Waals surface area contributed by atoms with Crippen molar-refractivity contribution in [2.75, 3.05) is 49.1 Å². The van der Waals surface area contributed by atoms with Crippen molar-refractivity contribution in [3.05, 3.63) is 24.3 Å². The number of benzene rings is 1. The topological polar surface area (TPSA) is 73.0 Å². The Labute approximate surface area is 134 Å². The minimum absolute atomic E-state index is 0.226. The summed E-state index contributed by atoms with van der Waals surface area (Å²) < 4.78 is 0. The van der Waals surface area contributed by atoms with Gasteiger partial charge >= 0.3 is 6.03 Å². The Bertz CT molecular complexity index is 594. The van der Waals surface area contributed by atoms with Crippen molar-refractivity contribution in [1.82, 2.24) is 10.2 Å². The first-order valence-corrected chi connectivity index (χ1v) is 7.80. The number of carbonyl (C=O) groups excluding carboxylic acids is 3. The molecule has 1 N–H and O–H groups in total. The number of aldehydes is 1. The van der Waals surface area contributed by atoms with E-state index in [9.17, 15) is 14.4 Å². The highest BCUT2D eigenvalue weighted by Crippen LogP contribution is 2.23. The van der Waals surface area contributed by atoms with Gasteiger partial charge in [0.05, 0.1) is 6.54 Å². The van der Waals surface area contributed by atoms with Crippen molar-refractivity contribution < 1.29 is 14.4 Å². The van der Waals surface area contributed by atoms with E-state index in [0.29, 0.717) is 19.5 Å². The van der Waals surface area contributed by atoms with Crippen molar-refractivity contribution in [3.63, 3.8) is 0 Å². The molecule has 0 aromatic heterocycles. The summed E-state index contributed by atoms with van der Waals surface area (Å²) in [7, 11) is 0. The monoisotopic (exact) mass is 316 g/mol. The molecule has 0 radical (unpaired) electrons. The van der Waals surface area contributed by atoms with Crippen LogP contribution in [0.4, 0.5) is 16.2 Å². The number of nitrogens with zero attached hydrogens (tertiary/aromatic N) is 3. The molecule has 0 atom stereocenters. The molecule has 2 saturated heterocycles. The predicted octanol–water partition coefficient (Wildman–Crippen LogP) is 0.454. The highest BCUT2D eigenvalue weighted by molar-refractivity contribution is 6.05. The van der Waals surface area contributed by atoms with E-state index < -0.39 is 0 Å². The molecule has 23 heavy (non-hydrogen) atoms. The lowest BCUT2D eigenvalue weighted by Crippen LogP contribution is -2.49. The summed E-state index contributed by atoms with van der Waals surface area (Å²) >= 11 is 0. The molecule has 3 rings (SSSR count). The molecule has 2 aliphatic rings. The standard InChI is InChI=1S/C16H20N4O3/c21-12-11-18-7-9-19(10-8-18)13-1-3-14(4-2-13)20-6-5-15(22)17-16(20)23/h1-4,12H,5-11H2,(H,17,22,23). The number of rotatable bonds is 4. The van der Waals surface area contributed by atoms with Crippen LogP contribution in [0.15, 0.2) is 24.3 Å². The average molecular weight is 316 g/mol. The molecule has 0 saturated carbocycles. The molecule has 7 nitrogen and oxygen atoms in total. The van der Waals surface area contributed by atoms with Crippen molar-refractivity contribution in [2.45, 2.75) is 6.42 Å². The van der Waals surface area contributed by atoms with Crippen LogP contribution in [0.3, 0.4) is 0 Å². The van der Waals surface area contributed by atoms with Crippen molar-refractivity contribution >= 4 is 29.6 Å². The number of urea groups is 1. The summed E-state index contributed by atoms with van der Waals surface area (Å²) in [6, 6.07) is 7.44. The zero-order valence-electron chi connectivity index (χ0n) is 12.9. The van der Waals surface area contributed by atoms with Crippen molar-refractivity contribution in [1.29, 1.82) is 0 Å². The first-order chi connectivity index (χ1) is 11.2. The van der Waals surface area contributed by atoms with Crippen LogP contribution in [0.2, 0.25) is 0 Å². The van der Waals surface area contributed by atoms with E-state index in [1.54, 1.807) is 4.90 Å². The van der Waals surface area contributed by atoms with E-state index in [1.165, 1.54) is 0 Å². The number of piperazine rings is 1. The Hall–Kier alpha value is -2.41. The Balaban J connectivity index is 1.62. The average Bonchev–Trinajstić information content (AvgIpc) is 2.56. The van der Waals surface area contributed by atoms with Gasteiger partial charge in [-0.2, -0.15) is 0 Å². The fourth-order valence-electron chi connectivity index (χ4n) is 2.95. The van der Waals surface area contributed by atoms with Gasteiger partial charge in [-0.3, -0.25) is 19.9 Å². The molecular formula is C16H20N4O3. The summed E-state index contributed by atoms with van der Waals surface area (Å²) in [5.74, 6) is -0.226. The normalized spacial score (nSPS) is 19.7. The zero-order valence-corrected chi connectivity index (χ0v) is 12.9. The second-order valence-corrected chi connectivity index (χ2v) is 5.73. The highest BCUT2D eigenvalue weighted by Gasteiger charge is 2.24. The van der Waals surface area contributed by atoms with Gasteiger partial charge in [0, 0.05) is 50.5 Å². The fraction of sp³-hybridized carbons (Fsp3) is 0.438. The molecule has 2 aliphatic heterocycles. The Kier molecular flexibility index (Phi) is 4.57. The molecule has 0 bridgehead atoms. The van der Waals surface area contributed by atoms with E-state index in [4.69, 9.17) is 0 Å². The van der Waals surface area contributed by atoms with Gasteiger partial charge in [0.25, 0.3) is 0 Å². The lowest BCUT2D eigenvalue weighted by atomic mass is 10.2. The summed E-state index contributed by atoms with van der Waals surface area (Å²) in [6.07, 6.45) is 1.27. The third-order valence-corrected chi connectivity index (χ3v) is 4.29. The summed E-state index contributed by atoms with van der Waals surface area (Å²) in [5.41, 5.74) is 1.89. The lowest BCUT2D eigenvalue weighted by Gasteiger charge is -2.35. The molecular weight excluding hydrogens is 296 g/mol. The van der Waals surface area contributed by atoms with Crippen molar-refractivity contribution in [3.8, 4) is 0 Å². The molecule has 0 spiro atoms. The first-order valence-electron chi connectivity index (χ1n) is 7.80. The van der Waals surface area contributed by atoms with E-state index in [1.807, 2.05) is 24.3 Å². The molecule has 3 amide bonds. The minimum Gasteiger partial charge on any atom is -0.369 e. The smallest absolute Gasteiger partial charge is 0.328 e. The van der Waals surface area contributed by atoms with Crippen LogP contribution >= 0.6 is 0 Å². The van der Waals surface area contributed by atoms with E-state index >= 15 is 0 Å². The van der Waals surface area contributed by atoms with Gasteiger partial charge in [-0.15, -0.1) is 0 Å². The van der Waals surface area contributed by atoms with Crippen LogP contribution < -0.4 is 15.1 Å². The van der Waals surface area contributed by atoms with Crippen LogP contribution in [-0.2, 0) is 9.59 Å². The predicted molar refractivity (Wildman–Crippen MR) is 86.7 cm³/mol. The maximum absolute atomic E-state index is 11.8. The molecule has 0 unspecified atom stereocenters. The van der Waals surface area contributed by atoms with Gasteiger partial charge in [0.1, 0.15) is 6.29 Å². The number of hydrogen-bond acceptors (Lipinski definition) is 5. The second kappa shape index (κ2) is 6.78. The van der Waals surface area contributed by atoms with Gasteiger partial charge in [0.2, 0.25) is 5.91 Å². The van der Waals surface area contributed by atoms with Crippen LogP contribution in [0.5, 0.6) is 0 Å². The third kappa shape index (κ3) is 3.50. The number of nitrogens with one attached hydrogen (secondary N) is 1. The molecule has 1 aromatic carbocycles. The van der Waals surface area contributed by atoms with Gasteiger partial charge in [0.15, 0.2) is 0 Å². The molecule has 2 heterocycles. The SMILES string of the molecule is O=CCN1CCN(c2ccc(N3CCC(=O)NC3=O)cc2)CC1. The number of amides is 3. The second-order valence-electron chi connectivity index (χ2n) is 5.73. The van der Waals surface area contributed by atoms with E-state index in [-0.39, 0.29) is 11.9 Å². The maximum Gasteiger partial charge on any atom is 0.328 e. The lowest BCUT2D eigenvalue weighted by molar-refractivity contribution is -0.120. The summed E-state index contributed by atoms with van der Waals surface area (Å²) in [4.78, 5) is 39.6. The first kappa shape index (κ1) is 15.5. The Morgan fingerprint density at radius 1 is 0.957 bits per heavy atom. The highest BCUT2D eigenvalue weighted by atomic mass is 16.2. The maximum atomic E-state index is 11.8. The number of imide groups is 1. The van der Waals surface area contributed by atoms with Gasteiger partial charge < -0.3 is 9.69 Å². The number of carbonyl (C=O) groups is 3. The third-order valence-electron chi connectivity index (χ3n) is 4.29. The van der Waals surface area contributed by atoms with Crippen LogP contribution in [0.25, 0.3) is 0 Å². The van der Waals surface area contributed by atoms with Crippen LogP contribution in [0, 0.1) is 0 Å². The van der Waals surface area contributed by atoms with E-state index in [0.717, 1.165) is 43.8 Å². The minimum atomic E-state index is -0.364. The number of hydrogen-bond donors (Lipinski definition) is 1. The molecule has 122 valence electrons. The van der Waals surface area contributed by atoms with Crippen LogP contribution in [-0.4, -0.2) is 62.4 Å². The molecule has 7 heteroatoms. The summed E-state index contributed by atoms with van der Waals surface area (Å²) in [5, 5.41) is 2.33. The van der Waals surface area contributed by atoms with Gasteiger partial charge in [-0.05, 0) is 24.3 Å². The fourth-order valence-corrected chi connectivity index (χ4v) is 2.95. The van der Waals surface area contributed by atoms with Gasteiger partial charge in [-0.25, -0.2) is 4.79 Å². The van der Waals surface area contributed by atoms with Crippen LogP contribution in [0.1, 0.15) is 6.42 Å². The van der Waals surface area contributed by atoms with Gasteiger partial charge in [-0.1, -0.05) is 0 Å². The molecule has 0 aliphatic carbocycles. The molecule has 1 aromatic rings. The Morgan fingerprint density at radius 3 is 2.22 bits per heavy atom. The summed E-state index contributed by atoms with van der Waals surface area (Å²) in [6.45, 7) is 4.41. The number of anilines is 2.